The van der Waals surface area contributed by atoms with Crippen LogP contribution in [0.1, 0.15) is 11.3 Å². The van der Waals surface area contributed by atoms with E-state index in [0.29, 0.717) is 17.3 Å². The van der Waals surface area contributed by atoms with Gasteiger partial charge in [0.15, 0.2) is 0 Å². The molecule has 0 spiro atoms. The Morgan fingerprint density at radius 2 is 2.11 bits per heavy atom. The largest absolute Gasteiger partial charge is 0.467 e. The topological polar surface area (TPSA) is 54.3 Å². The minimum absolute atomic E-state index is 0.306. The van der Waals surface area contributed by atoms with Gasteiger partial charge in [-0.15, -0.1) is 0 Å². The molecule has 0 radical (unpaired) electrons. The quantitative estimate of drug-likeness (QED) is 0.899. The van der Waals surface area contributed by atoms with Crippen molar-refractivity contribution in [3.8, 4) is 0 Å². The first kappa shape index (κ1) is 13.2. The molecule has 2 rings (SSSR count). The molecule has 1 aromatic heterocycles. The lowest BCUT2D eigenvalue weighted by molar-refractivity contribution is 0.243. The number of nitrogens with one attached hydrogen (secondary N) is 2. The van der Waals surface area contributed by atoms with Gasteiger partial charge >= 0.3 is 6.03 Å². The van der Waals surface area contributed by atoms with Gasteiger partial charge in [-0.25, -0.2) is 4.79 Å². The predicted molar refractivity (Wildman–Crippen MR) is 74.6 cm³/mol. The van der Waals surface area contributed by atoms with E-state index in [9.17, 15) is 4.79 Å². The minimum atomic E-state index is -0.306. The number of furan rings is 1. The fraction of sp³-hybridized carbons (Fsp3) is 0.0714. The Morgan fingerprint density at radius 3 is 2.84 bits per heavy atom. The maximum absolute atomic E-state index is 11.5. The van der Waals surface area contributed by atoms with Crippen molar-refractivity contribution in [3.05, 3.63) is 65.2 Å². The van der Waals surface area contributed by atoms with E-state index in [-0.39, 0.29) is 6.03 Å². The van der Waals surface area contributed by atoms with Gasteiger partial charge in [-0.1, -0.05) is 29.8 Å². The third-order valence-corrected chi connectivity index (χ3v) is 2.73. The van der Waals surface area contributed by atoms with Gasteiger partial charge in [0.1, 0.15) is 5.76 Å². The van der Waals surface area contributed by atoms with Crippen molar-refractivity contribution in [1.82, 2.24) is 10.6 Å². The Kier molecular flexibility index (Phi) is 4.64. The van der Waals surface area contributed by atoms with Crippen LogP contribution >= 0.6 is 11.6 Å². The normalized spacial score (nSPS) is 10.6. The summed E-state index contributed by atoms with van der Waals surface area (Å²) >= 11 is 5.98. The number of carbonyl (C=O) groups excluding carboxylic acids is 1. The lowest BCUT2D eigenvalue weighted by Crippen LogP contribution is -2.31. The lowest BCUT2D eigenvalue weighted by Gasteiger charge is -2.02. The van der Waals surface area contributed by atoms with Crippen LogP contribution < -0.4 is 10.6 Å². The second-order valence-corrected chi connectivity index (χ2v) is 4.17. The summed E-state index contributed by atoms with van der Waals surface area (Å²) in [6.45, 7) is 0.346. The third-order valence-electron chi connectivity index (χ3n) is 2.39. The smallest absolute Gasteiger partial charge is 0.319 e. The number of urea groups is 1. The molecule has 0 bridgehead atoms. The van der Waals surface area contributed by atoms with Crippen LogP contribution in [0.2, 0.25) is 5.02 Å². The summed E-state index contributed by atoms with van der Waals surface area (Å²) < 4.78 is 5.10. The summed E-state index contributed by atoms with van der Waals surface area (Å²) in [7, 11) is 0. The number of rotatable bonds is 4. The number of carbonyl (C=O) groups is 1. The SMILES string of the molecule is O=C(N/C=C/c1ccccc1Cl)NCc1ccco1. The Morgan fingerprint density at radius 1 is 1.26 bits per heavy atom. The number of hydrogen-bond acceptors (Lipinski definition) is 2. The summed E-state index contributed by atoms with van der Waals surface area (Å²) in [5, 5.41) is 5.88. The van der Waals surface area contributed by atoms with Crippen LogP contribution in [0.4, 0.5) is 4.79 Å². The second kappa shape index (κ2) is 6.66. The maximum Gasteiger partial charge on any atom is 0.319 e. The number of hydrogen-bond donors (Lipinski definition) is 2. The summed E-state index contributed by atoms with van der Waals surface area (Å²) in [5.41, 5.74) is 0.843. The molecule has 1 heterocycles. The molecule has 0 aliphatic rings. The molecule has 2 N–H and O–H groups in total. The third kappa shape index (κ3) is 4.19. The number of halogens is 1. The molecule has 98 valence electrons. The zero-order chi connectivity index (χ0) is 13.5. The molecule has 1 aromatic carbocycles. The van der Waals surface area contributed by atoms with Crippen molar-refractivity contribution < 1.29 is 9.21 Å². The van der Waals surface area contributed by atoms with Crippen molar-refractivity contribution in [2.75, 3.05) is 0 Å². The predicted octanol–water partition coefficient (Wildman–Crippen LogP) is 3.40. The molecule has 19 heavy (non-hydrogen) atoms. The molecule has 5 heteroatoms. The van der Waals surface area contributed by atoms with E-state index < -0.39 is 0 Å². The van der Waals surface area contributed by atoms with Crippen molar-refractivity contribution in [2.45, 2.75) is 6.54 Å². The van der Waals surface area contributed by atoms with E-state index in [1.54, 1.807) is 36.7 Å². The van der Waals surface area contributed by atoms with Gasteiger partial charge in [0.05, 0.1) is 12.8 Å². The maximum atomic E-state index is 11.5. The highest BCUT2D eigenvalue weighted by Gasteiger charge is 1.99. The monoisotopic (exact) mass is 276 g/mol. The van der Waals surface area contributed by atoms with E-state index in [2.05, 4.69) is 10.6 Å². The van der Waals surface area contributed by atoms with Crippen molar-refractivity contribution in [1.29, 1.82) is 0 Å². The summed E-state index contributed by atoms with van der Waals surface area (Å²) in [4.78, 5) is 11.5. The summed E-state index contributed by atoms with van der Waals surface area (Å²) in [6, 6.07) is 10.6. The number of benzene rings is 1. The van der Waals surface area contributed by atoms with Gasteiger partial charge in [-0.05, 0) is 29.8 Å². The molecule has 0 aliphatic heterocycles. The molecule has 0 saturated carbocycles. The van der Waals surface area contributed by atoms with Gasteiger partial charge in [0.25, 0.3) is 0 Å². The lowest BCUT2D eigenvalue weighted by atomic mass is 10.2. The molecule has 0 fully saturated rings. The van der Waals surface area contributed by atoms with Crippen LogP contribution in [-0.2, 0) is 6.54 Å². The first-order valence-electron chi connectivity index (χ1n) is 5.73. The van der Waals surface area contributed by atoms with Crippen molar-refractivity contribution in [3.63, 3.8) is 0 Å². The molecule has 0 atom stereocenters. The van der Waals surface area contributed by atoms with Gasteiger partial charge in [-0.2, -0.15) is 0 Å². The Bertz CT molecular complexity index is 565. The highest BCUT2D eigenvalue weighted by Crippen LogP contribution is 2.15. The van der Waals surface area contributed by atoms with Crippen LogP contribution in [0.25, 0.3) is 6.08 Å². The molecule has 0 saturated heterocycles. The van der Waals surface area contributed by atoms with Crippen molar-refractivity contribution in [2.24, 2.45) is 0 Å². The molecule has 2 amide bonds. The highest BCUT2D eigenvalue weighted by molar-refractivity contribution is 6.32. The van der Waals surface area contributed by atoms with Crippen molar-refractivity contribution >= 4 is 23.7 Å². The summed E-state index contributed by atoms with van der Waals surface area (Å²) in [5.74, 6) is 0.699. The first-order chi connectivity index (χ1) is 9.25. The molecule has 0 aliphatic carbocycles. The Hall–Kier alpha value is -2.20. The van der Waals surface area contributed by atoms with Gasteiger partial charge in [0, 0.05) is 11.2 Å². The van der Waals surface area contributed by atoms with E-state index in [1.807, 2.05) is 18.2 Å². The fourth-order valence-corrected chi connectivity index (χ4v) is 1.65. The second-order valence-electron chi connectivity index (χ2n) is 3.76. The van der Waals surface area contributed by atoms with E-state index in [0.717, 1.165) is 5.56 Å². The molecular formula is C14H13ClN2O2. The average molecular weight is 277 g/mol. The average Bonchev–Trinajstić information content (AvgIpc) is 2.92. The van der Waals surface area contributed by atoms with E-state index >= 15 is 0 Å². The molecule has 2 aromatic rings. The van der Waals surface area contributed by atoms with Crippen LogP contribution in [0, 0.1) is 0 Å². The standard InChI is InChI=1S/C14H13ClN2O2/c15-13-6-2-1-4-11(13)7-8-16-14(18)17-10-12-5-3-9-19-12/h1-9H,10H2,(H2,16,17,18)/b8-7+. The number of amides is 2. The van der Waals surface area contributed by atoms with Crippen LogP contribution in [0.3, 0.4) is 0 Å². The Balaban J connectivity index is 1.79. The minimum Gasteiger partial charge on any atom is -0.467 e. The Labute approximate surface area is 116 Å². The van der Waals surface area contributed by atoms with Crippen LogP contribution in [-0.4, -0.2) is 6.03 Å². The van der Waals surface area contributed by atoms with Gasteiger partial charge < -0.3 is 15.1 Å². The zero-order valence-corrected chi connectivity index (χ0v) is 10.9. The van der Waals surface area contributed by atoms with E-state index in [4.69, 9.17) is 16.0 Å². The first-order valence-corrected chi connectivity index (χ1v) is 6.11. The van der Waals surface area contributed by atoms with Crippen LogP contribution in [0.15, 0.2) is 53.3 Å². The highest BCUT2D eigenvalue weighted by atomic mass is 35.5. The van der Waals surface area contributed by atoms with Gasteiger partial charge in [-0.3, -0.25) is 0 Å². The molecule has 4 nitrogen and oxygen atoms in total. The fourth-order valence-electron chi connectivity index (χ4n) is 1.45. The summed E-state index contributed by atoms with van der Waals surface area (Å²) in [6.07, 6.45) is 4.83. The van der Waals surface area contributed by atoms with Gasteiger partial charge in [0.2, 0.25) is 0 Å². The molecule has 0 unspecified atom stereocenters. The van der Waals surface area contributed by atoms with E-state index in [1.165, 1.54) is 0 Å². The molecular weight excluding hydrogens is 264 g/mol. The zero-order valence-electron chi connectivity index (χ0n) is 10.1. The van der Waals surface area contributed by atoms with Crippen LogP contribution in [0.5, 0.6) is 0 Å².